The lowest BCUT2D eigenvalue weighted by Crippen LogP contribution is -2.47. The number of rotatable bonds is 10. The number of benzene rings is 3. The van der Waals surface area contributed by atoms with Crippen LogP contribution in [0.5, 0.6) is 5.75 Å². The van der Waals surface area contributed by atoms with E-state index in [0.29, 0.717) is 18.8 Å². The van der Waals surface area contributed by atoms with Crippen LogP contribution >= 0.6 is 0 Å². The smallest absolute Gasteiger partial charge is 0.234 e. The minimum absolute atomic E-state index is 0.0143. The number of hydrogen-bond acceptors (Lipinski definition) is 5. The van der Waals surface area contributed by atoms with Gasteiger partial charge in [-0.15, -0.1) is 0 Å². The number of carbonyl (C=O) groups is 2. The molecule has 3 aliphatic heterocycles. The molecule has 0 saturated carbocycles. The summed E-state index contributed by atoms with van der Waals surface area (Å²) in [5.74, 6) is -0.128. The van der Waals surface area contributed by atoms with Crippen molar-refractivity contribution in [2.75, 3.05) is 19.7 Å². The number of ether oxygens (including phenoxy) is 1. The lowest BCUT2D eigenvalue weighted by Gasteiger charge is -2.36. The normalized spacial score (nSPS) is 24.9. The number of aromatic hydroxyl groups is 1. The Morgan fingerprint density at radius 3 is 2.27 bits per heavy atom. The quantitative estimate of drug-likeness (QED) is 0.135. The van der Waals surface area contributed by atoms with Crippen LogP contribution in [0.4, 0.5) is 0 Å². The summed E-state index contributed by atoms with van der Waals surface area (Å²) in [6.07, 6.45) is 8.14. The molecule has 3 heterocycles. The second kappa shape index (κ2) is 14.5. The summed E-state index contributed by atoms with van der Waals surface area (Å²) in [5.41, 5.74) is 9.18. The molecule has 1 aliphatic carbocycles. The van der Waals surface area contributed by atoms with E-state index in [1.54, 1.807) is 4.90 Å². The van der Waals surface area contributed by atoms with Gasteiger partial charge in [0.05, 0.1) is 24.5 Å². The lowest BCUT2D eigenvalue weighted by molar-refractivity contribution is -0.144. The fraction of sp³-hybridized carbons (Fsp3) is 0.442. The summed E-state index contributed by atoms with van der Waals surface area (Å²) in [6.45, 7) is 9.29. The van der Waals surface area contributed by atoms with Gasteiger partial charge < -0.3 is 9.84 Å². The number of imide groups is 1. The Hall–Kier alpha value is -4.00. The zero-order valence-electron chi connectivity index (χ0n) is 29.2. The number of likely N-dealkylation sites (tertiary alicyclic amines) is 2. The second-order valence-corrected chi connectivity index (χ2v) is 14.7. The van der Waals surface area contributed by atoms with Gasteiger partial charge in [0.25, 0.3) is 0 Å². The average molecular weight is 659 g/mol. The van der Waals surface area contributed by atoms with Gasteiger partial charge in [-0.3, -0.25) is 19.4 Å². The van der Waals surface area contributed by atoms with Gasteiger partial charge in [0, 0.05) is 31.6 Å². The molecule has 3 aromatic carbocycles. The molecule has 256 valence electrons. The molecular formula is C43H50N2O4. The Bertz CT molecular complexity index is 1710. The van der Waals surface area contributed by atoms with E-state index < -0.39 is 0 Å². The number of amides is 2. The molecule has 3 saturated heterocycles. The van der Waals surface area contributed by atoms with Crippen LogP contribution in [0.1, 0.15) is 79.7 Å². The van der Waals surface area contributed by atoms with Crippen molar-refractivity contribution in [2.45, 2.75) is 84.4 Å². The summed E-state index contributed by atoms with van der Waals surface area (Å²) in [4.78, 5) is 32.5. The Balaban J connectivity index is 1.08. The Kier molecular flexibility index (Phi) is 9.89. The standard InChI is InChI=1S/C43H50N2O4/c1-4-11-34-25-36-40(43(48)45(42(36)47)35-18-20-44(21-19-35)26-30-12-7-5-8-13-30)37-27-49-38(39(34)37)17-16-33(32-14-9-6-10-15-32)24-31-22-28(2)41(46)29(3)23-31/h5-10,12-15,22-24,35-38,40,46H,4,11,16-21,25-27H2,1-3H3/b33-24-/t36-,37+,38-,40-/m1/s1. The second-order valence-electron chi connectivity index (χ2n) is 14.7. The number of hydrogen-bond donors (Lipinski definition) is 1. The number of phenols is 1. The van der Waals surface area contributed by atoms with Crippen molar-refractivity contribution < 1.29 is 19.4 Å². The van der Waals surface area contributed by atoms with Crippen LogP contribution in [0.2, 0.25) is 0 Å². The zero-order valence-corrected chi connectivity index (χ0v) is 29.2. The zero-order chi connectivity index (χ0) is 34.1. The first-order valence-corrected chi connectivity index (χ1v) is 18.3. The Labute approximate surface area is 291 Å². The molecule has 3 aromatic rings. The van der Waals surface area contributed by atoms with Crippen LogP contribution in [-0.2, 0) is 20.9 Å². The minimum atomic E-state index is -0.303. The van der Waals surface area contributed by atoms with Crippen molar-refractivity contribution in [2.24, 2.45) is 17.8 Å². The highest BCUT2D eigenvalue weighted by Gasteiger charge is 2.58. The number of fused-ring (bicyclic) bond motifs is 3. The van der Waals surface area contributed by atoms with Crippen LogP contribution in [0.15, 0.2) is 83.9 Å². The summed E-state index contributed by atoms with van der Waals surface area (Å²) >= 11 is 0. The Morgan fingerprint density at radius 2 is 1.59 bits per heavy atom. The predicted octanol–water partition coefficient (Wildman–Crippen LogP) is 8.11. The van der Waals surface area contributed by atoms with E-state index in [9.17, 15) is 14.7 Å². The number of nitrogens with zero attached hydrogens (tertiary/aromatic N) is 2. The monoisotopic (exact) mass is 658 g/mol. The molecule has 0 unspecified atom stereocenters. The van der Waals surface area contributed by atoms with Gasteiger partial charge in [-0.2, -0.15) is 0 Å². The maximum absolute atomic E-state index is 14.3. The van der Waals surface area contributed by atoms with E-state index in [2.05, 4.69) is 66.4 Å². The number of carbonyl (C=O) groups excluding carboxylic acids is 2. The molecule has 3 fully saturated rings. The van der Waals surface area contributed by atoms with Gasteiger partial charge in [0.15, 0.2) is 0 Å². The fourth-order valence-corrected chi connectivity index (χ4v) is 9.09. The highest BCUT2D eigenvalue weighted by atomic mass is 16.5. The maximum atomic E-state index is 14.3. The van der Waals surface area contributed by atoms with Crippen LogP contribution in [0.25, 0.3) is 11.6 Å². The van der Waals surface area contributed by atoms with Gasteiger partial charge in [0.2, 0.25) is 11.8 Å². The molecule has 4 aliphatic rings. The summed E-state index contributed by atoms with van der Waals surface area (Å²) in [5, 5.41) is 10.4. The highest BCUT2D eigenvalue weighted by molar-refractivity contribution is 6.06. The Morgan fingerprint density at radius 1 is 0.918 bits per heavy atom. The molecule has 2 amide bonds. The van der Waals surface area contributed by atoms with Crippen LogP contribution in [-0.4, -0.2) is 58.6 Å². The third kappa shape index (κ3) is 6.78. The average Bonchev–Trinajstić information content (AvgIpc) is 3.64. The van der Waals surface area contributed by atoms with Crippen LogP contribution in [0, 0.1) is 31.6 Å². The lowest BCUT2D eigenvalue weighted by atomic mass is 9.68. The molecule has 4 atom stereocenters. The van der Waals surface area contributed by atoms with Gasteiger partial charge in [-0.1, -0.05) is 85.7 Å². The van der Waals surface area contributed by atoms with Crippen molar-refractivity contribution >= 4 is 23.5 Å². The van der Waals surface area contributed by atoms with Crippen molar-refractivity contribution in [3.05, 3.63) is 112 Å². The summed E-state index contributed by atoms with van der Waals surface area (Å²) in [7, 11) is 0. The molecule has 6 nitrogen and oxygen atoms in total. The summed E-state index contributed by atoms with van der Waals surface area (Å²) < 4.78 is 6.60. The van der Waals surface area contributed by atoms with Gasteiger partial charge in [-0.25, -0.2) is 0 Å². The molecule has 49 heavy (non-hydrogen) atoms. The topological polar surface area (TPSA) is 70.1 Å². The molecular weight excluding hydrogens is 608 g/mol. The predicted molar refractivity (Wildman–Crippen MR) is 194 cm³/mol. The van der Waals surface area contributed by atoms with Crippen molar-refractivity contribution in [3.63, 3.8) is 0 Å². The first-order chi connectivity index (χ1) is 23.8. The largest absolute Gasteiger partial charge is 0.507 e. The molecule has 0 bridgehead atoms. The number of allylic oxidation sites excluding steroid dienone is 2. The highest BCUT2D eigenvalue weighted by Crippen LogP contribution is 2.51. The first-order valence-electron chi connectivity index (χ1n) is 18.3. The van der Waals surface area contributed by atoms with Gasteiger partial charge in [-0.05, 0) is 103 Å². The first kappa shape index (κ1) is 33.5. The van der Waals surface area contributed by atoms with E-state index in [1.807, 2.05) is 38.1 Å². The van der Waals surface area contributed by atoms with Gasteiger partial charge >= 0.3 is 0 Å². The molecule has 0 aromatic heterocycles. The van der Waals surface area contributed by atoms with Gasteiger partial charge in [0.1, 0.15) is 5.75 Å². The third-order valence-corrected chi connectivity index (χ3v) is 11.4. The SMILES string of the molecule is CCCC1=C2[C@@H](CC/C(=C/c3cc(C)c(O)c(C)c3)c3ccccc3)OC[C@@H]2[C@@H]2C(=O)N(C3CCN(Cc4ccccc4)CC3)C(=O)[C@@H]2C1. The third-order valence-electron chi connectivity index (χ3n) is 11.4. The summed E-state index contributed by atoms with van der Waals surface area (Å²) in [6, 6.07) is 25.1. The van der Waals surface area contributed by atoms with E-state index in [4.69, 9.17) is 4.74 Å². The number of aryl methyl sites for hydroxylation is 2. The van der Waals surface area contributed by atoms with E-state index >= 15 is 0 Å². The number of piperidine rings is 1. The van der Waals surface area contributed by atoms with E-state index in [0.717, 1.165) is 74.8 Å². The van der Waals surface area contributed by atoms with Crippen molar-refractivity contribution in [3.8, 4) is 5.75 Å². The molecule has 7 rings (SSSR count). The molecule has 6 heteroatoms. The number of phenolic OH excluding ortho intramolecular Hbond substituents is 1. The van der Waals surface area contributed by atoms with E-state index in [-0.39, 0.29) is 41.7 Å². The molecule has 0 radical (unpaired) electrons. The maximum Gasteiger partial charge on any atom is 0.234 e. The molecule has 0 spiro atoms. The van der Waals surface area contributed by atoms with Crippen molar-refractivity contribution in [1.29, 1.82) is 0 Å². The fourth-order valence-electron chi connectivity index (χ4n) is 9.09. The van der Waals surface area contributed by atoms with Crippen molar-refractivity contribution in [1.82, 2.24) is 9.80 Å². The molecule has 1 N–H and O–H groups in total. The van der Waals surface area contributed by atoms with E-state index in [1.165, 1.54) is 27.8 Å². The van der Waals surface area contributed by atoms with Crippen LogP contribution in [0.3, 0.4) is 0 Å². The minimum Gasteiger partial charge on any atom is -0.507 e. The van der Waals surface area contributed by atoms with Crippen LogP contribution < -0.4 is 0 Å².